The number of piperidine rings is 1. The first-order valence-corrected chi connectivity index (χ1v) is 8.68. The highest BCUT2D eigenvalue weighted by Gasteiger charge is 2.26. The molecule has 0 aromatic carbocycles. The minimum atomic E-state index is -3.21. The van der Waals surface area contributed by atoms with Crippen LogP contribution in [0.15, 0.2) is 0 Å². The second-order valence-electron chi connectivity index (χ2n) is 5.04. The van der Waals surface area contributed by atoms with E-state index in [-0.39, 0.29) is 18.6 Å². The number of aliphatic hydroxyl groups excluding tert-OH is 1. The van der Waals surface area contributed by atoms with Crippen LogP contribution in [-0.2, 0) is 14.8 Å². The van der Waals surface area contributed by atoms with Gasteiger partial charge in [-0.3, -0.25) is 4.79 Å². The minimum Gasteiger partial charge on any atom is -0.396 e. The Morgan fingerprint density at radius 1 is 1.37 bits per heavy atom. The maximum atomic E-state index is 12.1. The van der Waals surface area contributed by atoms with Gasteiger partial charge in [-0.25, -0.2) is 13.1 Å². The molecule has 1 aliphatic rings. The van der Waals surface area contributed by atoms with Crippen molar-refractivity contribution in [1.82, 2.24) is 9.62 Å². The first-order valence-electron chi connectivity index (χ1n) is 6.79. The summed E-state index contributed by atoms with van der Waals surface area (Å²) in [5.41, 5.74) is 0. The summed E-state index contributed by atoms with van der Waals surface area (Å²) in [5, 5.41) is 8.71. The number of aliphatic hydroxyl groups is 1. The number of unbranched alkanes of at least 4 members (excludes halogenated alkanes) is 1. The SMILES string of the molecule is CS(=O)(=O)NCC1CCCCN1C(=O)CCCCO. The van der Waals surface area contributed by atoms with Gasteiger partial charge in [-0.05, 0) is 32.1 Å². The normalized spacial score (nSPS) is 20.5. The quantitative estimate of drug-likeness (QED) is 0.651. The summed E-state index contributed by atoms with van der Waals surface area (Å²) in [6.07, 6.45) is 5.70. The molecular formula is C12H24N2O4S. The van der Waals surface area contributed by atoms with E-state index in [1.807, 2.05) is 0 Å². The number of hydrogen-bond acceptors (Lipinski definition) is 4. The lowest BCUT2D eigenvalue weighted by atomic mass is 10.0. The average molecular weight is 292 g/mol. The third-order valence-electron chi connectivity index (χ3n) is 3.33. The Morgan fingerprint density at radius 2 is 2.11 bits per heavy atom. The van der Waals surface area contributed by atoms with Gasteiger partial charge in [0.1, 0.15) is 0 Å². The van der Waals surface area contributed by atoms with E-state index in [0.717, 1.165) is 25.5 Å². The molecule has 1 fully saturated rings. The van der Waals surface area contributed by atoms with Crippen molar-refractivity contribution in [3.8, 4) is 0 Å². The zero-order valence-corrected chi connectivity index (χ0v) is 12.3. The van der Waals surface area contributed by atoms with Crippen LogP contribution in [0.1, 0.15) is 38.5 Å². The van der Waals surface area contributed by atoms with Crippen molar-refractivity contribution in [2.24, 2.45) is 0 Å². The Morgan fingerprint density at radius 3 is 2.74 bits per heavy atom. The second kappa shape index (κ2) is 7.81. The molecule has 2 N–H and O–H groups in total. The molecule has 0 aromatic rings. The van der Waals surface area contributed by atoms with Gasteiger partial charge in [-0.2, -0.15) is 0 Å². The lowest BCUT2D eigenvalue weighted by Gasteiger charge is -2.36. The van der Waals surface area contributed by atoms with Crippen molar-refractivity contribution in [1.29, 1.82) is 0 Å². The van der Waals surface area contributed by atoms with Gasteiger partial charge in [0.25, 0.3) is 0 Å². The van der Waals surface area contributed by atoms with E-state index in [9.17, 15) is 13.2 Å². The highest BCUT2D eigenvalue weighted by molar-refractivity contribution is 7.88. The summed E-state index contributed by atoms with van der Waals surface area (Å²) >= 11 is 0. The average Bonchev–Trinajstić information content (AvgIpc) is 2.36. The molecule has 0 aliphatic carbocycles. The van der Waals surface area contributed by atoms with Crippen LogP contribution in [0, 0.1) is 0 Å². The number of likely N-dealkylation sites (tertiary alicyclic amines) is 1. The molecule has 0 spiro atoms. The Bertz CT molecular complexity index is 383. The molecule has 0 radical (unpaired) electrons. The maximum Gasteiger partial charge on any atom is 0.222 e. The molecule has 0 bridgehead atoms. The van der Waals surface area contributed by atoms with E-state index in [0.29, 0.717) is 32.4 Å². The number of sulfonamides is 1. The van der Waals surface area contributed by atoms with Crippen LogP contribution in [0.4, 0.5) is 0 Å². The fraction of sp³-hybridized carbons (Fsp3) is 0.917. The van der Waals surface area contributed by atoms with Gasteiger partial charge in [0.05, 0.1) is 6.26 Å². The molecule has 1 aliphatic heterocycles. The van der Waals surface area contributed by atoms with E-state index >= 15 is 0 Å². The van der Waals surface area contributed by atoms with E-state index in [1.165, 1.54) is 0 Å². The molecule has 1 amide bonds. The standard InChI is InChI=1S/C12H24N2O4S/c1-19(17,18)13-10-11-6-2-4-8-14(11)12(16)7-3-5-9-15/h11,13,15H,2-10H2,1H3. The zero-order valence-electron chi connectivity index (χ0n) is 11.5. The molecule has 19 heavy (non-hydrogen) atoms. The van der Waals surface area contributed by atoms with Gasteiger partial charge in [-0.15, -0.1) is 0 Å². The molecule has 1 atom stereocenters. The Kier molecular flexibility index (Phi) is 6.74. The van der Waals surface area contributed by atoms with Crippen LogP contribution < -0.4 is 4.72 Å². The molecule has 112 valence electrons. The zero-order chi connectivity index (χ0) is 14.3. The summed E-state index contributed by atoms with van der Waals surface area (Å²) in [7, 11) is -3.21. The van der Waals surface area contributed by atoms with Crippen molar-refractivity contribution in [3.05, 3.63) is 0 Å². The van der Waals surface area contributed by atoms with E-state index in [4.69, 9.17) is 5.11 Å². The summed E-state index contributed by atoms with van der Waals surface area (Å²) in [6.45, 7) is 1.10. The summed E-state index contributed by atoms with van der Waals surface area (Å²) < 4.78 is 24.7. The third kappa shape index (κ3) is 6.35. The molecule has 0 aromatic heterocycles. The first-order chi connectivity index (χ1) is 8.94. The summed E-state index contributed by atoms with van der Waals surface area (Å²) in [5.74, 6) is 0.0634. The first kappa shape index (κ1) is 16.4. The van der Waals surface area contributed by atoms with Gasteiger partial charge in [0, 0.05) is 32.2 Å². The molecule has 1 unspecified atom stereocenters. The molecular weight excluding hydrogens is 268 g/mol. The Hall–Kier alpha value is -0.660. The van der Waals surface area contributed by atoms with Crippen molar-refractivity contribution < 1.29 is 18.3 Å². The highest BCUT2D eigenvalue weighted by Crippen LogP contribution is 2.18. The van der Waals surface area contributed by atoms with E-state index in [1.54, 1.807) is 4.90 Å². The smallest absolute Gasteiger partial charge is 0.222 e. The highest BCUT2D eigenvalue weighted by atomic mass is 32.2. The molecule has 7 heteroatoms. The van der Waals surface area contributed by atoms with Crippen molar-refractivity contribution >= 4 is 15.9 Å². The lowest BCUT2D eigenvalue weighted by Crippen LogP contribution is -2.49. The third-order valence-corrected chi connectivity index (χ3v) is 4.02. The van der Waals surface area contributed by atoms with Crippen molar-refractivity contribution in [2.75, 3.05) is 26.0 Å². The summed E-state index contributed by atoms with van der Waals surface area (Å²) in [6, 6.07) is -0.0369. The minimum absolute atomic E-state index is 0.0369. The monoisotopic (exact) mass is 292 g/mol. The number of carbonyl (C=O) groups is 1. The van der Waals surface area contributed by atoms with E-state index in [2.05, 4.69) is 4.72 Å². The number of nitrogens with zero attached hydrogens (tertiary/aromatic N) is 1. The van der Waals surface area contributed by atoms with Crippen LogP contribution in [0.2, 0.25) is 0 Å². The molecule has 1 saturated heterocycles. The Balaban J connectivity index is 2.49. The van der Waals surface area contributed by atoms with Crippen LogP contribution in [0.25, 0.3) is 0 Å². The maximum absolute atomic E-state index is 12.1. The molecule has 1 heterocycles. The van der Waals surface area contributed by atoms with Crippen molar-refractivity contribution in [2.45, 2.75) is 44.6 Å². The van der Waals surface area contributed by atoms with E-state index < -0.39 is 10.0 Å². The molecule has 0 saturated carbocycles. The Labute approximate surface area is 115 Å². The number of amides is 1. The predicted octanol–water partition coefficient (Wildman–Crippen LogP) is 0.0793. The van der Waals surface area contributed by atoms with Crippen LogP contribution >= 0.6 is 0 Å². The fourth-order valence-corrected chi connectivity index (χ4v) is 2.82. The number of carbonyl (C=O) groups excluding carboxylic acids is 1. The largest absolute Gasteiger partial charge is 0.396 e. The number of hydrogen-bond donors (Lipinski definition) is 2. The molecule has 1 rings (SSSR count). The fourth-order valence-electron chi connectivity index (χ4n) is 2.32. The van der Waals surface area contributed by atoms with Gasteiger partial charge < -0.3 is 10.0 Å². The molecule has 6 nitrogen and oxygen atoms in total. The van der Waals surface area contributed by atoms with Gasteiger partial charge in [0.15, 0.2) is 0 Å². The van der Waals surface area contributed by atoms with Crippen LogP contribution in [-0.4, -0.2) is 56.3 Å². The van der Waals surface area contributed by atoms with Crippen LogP contribution in [0.3, 0.4) is 0 Å². The van der Waals surface area contributed by atoms with Gasteiger partial charge >= 0.3 is 0 Å². The number of rotatable bonds is 7. The van der Waals surface area contributed by atoms with Crippen LogP contribution in [0.5, 0.6) is 0 Å². The summed E-state index contributed by atoms with van der Waals surface area (Å²) in [4.78, 5) is 13.9. The predicted molar refractivity (Wildman–Crippen MR) is 73.1 cm³/mol. The number of nitrogens with one attached hydrogen (secondary N) is 1. The lowest BCUT2D eigenvalue weighted by molar-refractivity contribution is -0.134. The second-order valence-corrected chi connectivity index (χ2v) is 6.87. The van der Waals surface area contributed by atoms with Gasteiger partial charge in [-0.1, -0.05) is 0 Å². The van der Waals surface area contributed by atoms with Crippen molar-refractivity contribution in [3.63, 3.8) is 0 Å². The van der Waals surface area contributed by atoms with Gasteiger partial charge in [0.2, 0.25) is 15.9 Å². The topological polar surface area (TPSA) is 86.7 Å².